The van der Waals surface area contributed by atoms with E-state index in [1.165, 1.54) is 11.1 Å². The molecule has 0 aliphatic carbocycles. The number of nitrogens with one attached hydrogen (secondary N) is 2. The molecule has 0 saturated carbocycles. The summed E-state index contributed by atoms with van der Waals surface area (Å²) in [4.78, 5) is 4.72. The van der Waals surface area contributed by atoms with Gasteiger partial charge in [-0.25, -0.2) is 4.99 Å². The highest BCUT2D eigenvalue weighted by atomic mass is 35.5. The molecule has 3 nitrogen and oxygen atoms in total. The summed E-state index contributed by atoms with van der Waals surface area (Å²) >= 11 is 6.25. The summed E-state index contributed by atoms with van der Waals surface area (Å²) in [6.45, 7) is 0.540. The number of hydrogen-bond acceptors (Lipinski definition) is 1. The maximum atomic E-state index is 6.25. The van der Waals surface area contributed by atoms with Crippen molar-refractivity contribution in [1.82, 2.24) is 10.6 Å². The minimum Gasteiger partial charge on any atom is -0.347 e. The number of nitrogens with zero attached hydrogens (tertiary/aromatic N) is 1. The lowest BCUT2D eigenvalue weighted by Gasteiger charge is -2.19. The van der Waals surface area contributed by atoms with Gasteiger partial charge in [0, 0.05) is 5.02 Å². The molecule has 1 heterocycles. The molecule has 1 fully saturated rings. The van der Waals surface area contributed by atoms with Crippen molar-refractivity contribution in [2.75, 3.05) is 0 Å². The van der Waals surface area contributed by atoms with Crippen molar-refractivity contribution in [2.45, 2.75) is 18.6 Å². The molecule has 2 N–H and O–H groups in total. The molecule has 0 bridgehead atoms. The van der Waals surface area contributed by atoms with E-state index in [4.69, 9.17) is 16.6 Å². The molecular weight excluding hydrogens is 342 g/mol. The van der Waals surface area contributed by atoms with Gasteiger partial charge in [0.05, 0.1) is 18.6 Å². The predicted molar refractivity (Wildman–Crippen MR) is 107 cm³/mol. The predicted octanol–water partition coefficient (Wildman–Crippen LogP) is 4.87. The Morgan fingerprint density at radius 3 is 1.73 bits per heavy atom. The zero-order valence-corrected chi connectivity index (χ0v) is 15.0. The van der Waals surface area contributed by atoms with E-state index in [0.29, 0.717) is 6.54 Å². The molecule has 1 aliphatic rings. The highest BCUT2D eigenvalue weighted by molar-refractivity contribution is 6.31. The first-order chi connectivity index (χ1) is 12.8. The van der Waals surface area contributed by atoms with E-state index < -0.39 is 0 Å². The first-order valence-corrected chi connectivity index (χ1v) is 9.10. The van der Waals surface area contributed by atoms with Crippen LogP contribution in [-0.2, 0) is 6.54 Å². The summed E-state index contributed by atoms with van der Waals surface area (Å²) in [5, 5.41) is 7.83. The van der Waals surface area contributed by atoms with E-state index in [1.54, 1.807) is 0 Å². The lowest BCUT2D eigenvalue weighted by Crippen LogP contribution is -2.25. The molecule has 4 rings (SSSR count). The summed E-state index contributed by atoms with van der Waals surface area (Å²) in [7, 11) is 0. The van der Waals surface area contributed by atoms with E-state index in [1.807, 2.05) is 36.4 Å². The normalized spacial score (nSPS) is 18.9. The van der Waals surface area contributed by atoms with Gasteiger partial charge in [0.15, 0.2) is 5.96 Å². The second-order valence-corrected chi connectivity index (χ2v) is 6.73. The average molecular weight is 362 g/mol. The molecular formula is C22H20ClN3. The second kappa shape index (κ2) is 7.63. The maximum Gasteiger partial charge on any atom is 0.192 e. The van der Waals surface area contributed by atoms with Crippen molar-refractivity contribution >= 4 is 17.6 Å². The Labute approximate surface area is 158 Å². The Hall–Kier alpha value is -2.78. The van der Waals surface area contributed by atoms with Gasteiger partial charge >= 0.3 is 0 Å². The van der Waals surface area contributed by atoms with Crippen molar-refractivity contribution in [3.05, 3.63) is 107 Å². The number of guanidine groups is 1. The first-order valence-electron chi connectivity index (χ1n) is 8.72. The van der Waals surface area contributed by atoms with Gasteiger partial charge < -0.3 is 10.6 Å². The highest BCUT2D eigenvalue weighted by Gasteiger charge is 2.32. The van der Waals surface area contributed by atoms with E-state index in [0.717, 1.165) is 16.5 Å². The maximum absolute atomic E-state index is 6.25. The summed E-state index contributed by atoms with van der Waals surface area (Å²) in [6.07, 6.45) is 0. The number of aliphatic imine (C=N–C) groups is 1. The van der Waals surface area contributed by atoms with Crippen LogP contribution in [0.2, 0.25) is 5.02 Å². The van der Waals surface area contributed by atoms with E-state index in [-0.39, 0.29) is 12.1 Å². The topological polar surface area (TPSA) is 36.4 Å². The fraction of sp³-hybridized carbons (Fsp3) is 0.136. The zero-order valence-electron chi connectivity index (χ0n) is 14.3. The van der Waals surface area contributed by atoms with Gasteiger partial charge in [0.2, 0.25) is 0 Å². The number of benzene rings is 3. The van der Waals surface area contributed by atoms with Crippen LogP contribution in [-0.4, -0.2) is 5.96 Å². The van der Waals surface area contributed by atoms with Crippen molar-refractivity contribution in [1.29, 1.82) is 0 Å². The summed E-state index contributed by atoms with van der Waals surface area (Å²) in [5.41, 5.74) is 3.48. The van der Waals surface area contributed by atoms with Gasteiger partial charge in [-0.2, -0.15) is 0 Å². The molecule has 2 atom stereocenters. The lowest BCUT2D eigenvalue weighted by molar-refractivity contribution is 0.554. The number of halogens is 1. The zero-order chi connectivity index (χ0) is 17.8. The Balaban J connectivity index is 1.61. The molecule has 1 saturated heterocycles. The highest BCUT2D eigenvalue weighted by Crippen LogP contribution is 2.32. The summed E-state index contributed by atoms with van der Waals surface area (Å²) in [5.74, 6) is 0.799. The summed E-state index contributed by atoms with van der Waals surface area (Å²) in [6, 6.07) is 29.0. The molecule has 3 aromatic rings. The van der Waals surface area contributed by atoms with E-state index in [2.05, 4.69) is 59.2 Å². The van der Waals surface area contributed by atoms with Crippen molar-refractivity contribution in [2.24, 2.45) is 4.99 Å². The lowest BCUT2D eigenvalue weighted by atomic mass is 9.95. The smallest absolute Gasteiger partial charge is 0.192 e. The minimum atomic E-state index is 0.128. The van der Waals surface area contributed by atoms with Crippen molar-refractivity contribution in [3.63, 3.8) is 0 Å². The van der Waals surface area contributed by atoms with Gasteiger partial charge in [-0.1, -0.05) is 90.5 Å². The molecule has 0 amide bonds. The van der Waals surface area contributed by atoms with Gasteiger partial charge in [0.25, 0.3) is 0 Å². The summed E-state index contributed by atoms with van der Waals surface area (Å²) < 4.78 is 0. The van der Waals surface area contributed by atoms with E-state index in [9.17, 15) is 0 Å². The monoisotopic (exact) mass is 361 g/mol. The average Bonchev–Trinajstić information content (AvgIpc) is 3.13. The Bertz CT molecular complexity index is 844. The fourth-order valence-corrected chi connectivity index (χ4v) is 3.45. The molecule has 1 aliphatic heterocycles. The largest absolute Gasteiger partial charge is 0.347 e. The molecule has 0 spiro atoms. The van der Waals surface area contributed by atoms with Gasteiger partial charge in [0.1, 0.15) is 0 Å². The third-order valence-corrected chi connectivity index (χ3v) is 4.97. The number of hydrogen-bond donors (Lipinski definition) is 2. The number of rotatable bonds is 4. The van der Waals surface area contributed by atoms with Crippen molar-refractivity contribution < 1.29 is 0 Å². The molecule has 0 unspecified atom stereocenters. The van der Waals surface area contributed by atoms with Gasteiger partial charge in [-0.3, -0.25) is 0 Å². The molecule has 3 aromatic carbocycles. The van der Waals surface area contributed by atoms with Crippen molar-refractivity contribution in [3.8, 4) is 0 Å². The van der Waals surface area contributed by atoms with Crippen LogP contribution in [0, 0.1) is 0 Å². The standard InChI is InChI=1S/C22H20ClN3/c23-19-14-8-7-13-18(19)15-24-22-25-20(16-9-3-1-4-10-16)21(26-22)17-11-5-2-6-12-17/h1-14,20-21H,15H2,(H2,24,25,26)/t20-,21-/m0/s1. The molecule has 26 heavy (non-hydrogen) atoms. The Kier molecular flexibility index (Phi) is 4.89. The van der Waals surface area contributed by atoms with Crippen LogP contribution in [0.3, 0.4) is 0 Å². The van der Waals surface area contributed by atoms with Crippen LogP contribution in [0.25, 0.3) is 0 Å². The van der Waals surface area contributed by atoms with Crippen LogP contribution in [0.5, 0.6) is 0 Å². The fourth-order valence-electron chi connectivity index (χ4n) is 3.26. The quantitative estimate of drug-likeness (QED) is 0.695. The molecule has 130 valence electrons. The van der Waals surface area contributed by atoms with Gasteiger partial charge in [-0.05, 0) is 22.8 Å². The molecule has 0 radical (unpaired) electrons. The van der Waals surface area contributed by atoms with E-state index >= 15 is 0 Å². The molecule has 0 aromatic heterocycles. The first kappa shape index (κ1) is 16.7. The van der Waals surface area contributed by atoms with Crippen LogP contribution in [0.1, 0.15) is 28.8 Å². The Morgan fingerprint density at radius 2 is 1.19 bits per heavy atom. The third-order valence-electron chi connectivity index (χ3n) is 4.60. The third kappa shape index (κ3) is 3.58. The van der Waals surface area contributed by atoms with Crippen LogP contribution < -0.4 is 10.6 Å². The van der Waals surface area contributed by atoms with Gasteiger partial charge in [-0.15, -0.1) is 0 Å². The molecule has 4 heteroatoms. The van der Waals surface area contributed by atoms with Crippen LogP contribution in [0.4, 0.5) is 0 Å². The Morgan fingerprint density at radius 1 is 0.692 bits per heavy atom. The van der Waals surface area contributed by atoms with Crippen LogP contribution >= 0.6 is 11.6 Å². The minimum absolute atomic E-state index is 0.128. The SMILES string of the molecule is Clc1ccccc1CN=C1N[C@@H](c2ccccc2)[C@H](c2ccccc2)N1. The van der Waals surface area contributed by atoms with Crippen LogP contribution in [0.15, 0.2) is 89.9 Å². The second-order valence-electron chi connectivity index (χ2n) is 6.32.